The van der Waals surface area contributed by atoms with Crippen LogP contribution in [0.2, 0.25) is 5.02 Å². The van der Waals surface area contributed by atoms with E-state index in [1.54, 1.807) is 18.2 Å². The number of aryl methyl sites for hydroxylation is 2. The fourth-order valence-corrected chi connectivity index (χ4v) is 4.41. The van der Waals surface area contributed by atoms with E-state index in [1.165, 1.54) is 41.1 Å². The smallest absolute Gasteiger partial charge is 0.270 e. The Hall–Kier alpha value is -3.36. The molecule has 0 unspecified atom stereocenters. The van der Waals surface area contributed by atoms with Crippen molar-refractivity contribution in [3.05, 3.63) is 91.0 Å². The number of aliphatic imine (C=N–C) groups is 1. The molecule has 9 heteroatoms. The van der Waals surface area contributed by atoms with Gasteiger partial charge in [-0.1, -0.05) is 40.9 Å². The number of nitro benzene ring substituents is 1. The van der Waals surface area contributed by atoms with Crippen LogP contribution in [0.15, 0.2) is 62.8 Å². The molecule has 0 atom stereocenters. The summed E-state index contributed by atoms with van der Waals surface area (Å²) in [5, 5.41) is 14.4. The number of nitrogens with zero attached hydrogens (tertiary/aromatic N) is 2. The molecular weight excluding hydrogens is 450 g/mol. The van der Waals surface area contributed by atoms with Crippen LogP contribution in [0.5, 0.6) is 0 Å². The lowest BCUT2D eigenvalue weighted by Crippen LogP contribution is -2.19. The minimum absolute atomic E-state index is 0.0979. The van der Waals surface area contributed by atoms with Crippen molar-refractivity contribution in [3.63, 3.8) is 0 Å². The number of nitro groups is 1. The molecule has 1 aliphatic heterocycles. The number of halogens is 1. The molecule has 1 aromatic heterocycles. The first-order valence-corrected chi connectivity index (χ1v) is 10.8. The highest BCUT2D eigenvalue weighted by molar-refractivity contribution is 8.18. The number of hydrogen-bond acceptors (Lipinski definition) is 6. The summed E-state index contributed by atoms with van der Waals surface area (Å²) < 4.78 is 5.79. The number of amides is 1. The average molecular weight is 468 g/mol. The third kappa shape index (κ3) is 4.92. The van der Waals surface area contributed by atoms with Crippen LogP contribution in [-0.4, -0.2) is 16.0 Å². The van der Waals surface area contributed by atoms with Crippen LogP contribution in [-0.2, 0) is 11.3 Å². The molecule has 1 fully saturated rings. The van der Waals surface area contributed by atoms with Gasteiger partial charge in [0, 0.05) is 23.8 Å². The number of rotatable bonds is 5. The van der Waals surface area contributed by atoms with Crippen LogP contribution < -0.4 is 5.32 Å². The quantitative estimate of drug-likeness (QED) is 0.287. The summed E-state index contributed by atoms with van der Waals surface area (Å²) in [4.78, 5) is 27.7. The van der Waals surface area contributed by atoms with E-state index < -0.39 is 4.92 Å². The molecule has 2 heterocycles. The van der Waals surface area contributed by atoms with Gasteiger partial charge in [0.2, 0.25) is 0 Å². The van der Waals surface area contributed by atoms with Gasteiger partial charge in [0.1, 0.15) is 11.5 Å². The summed E-state index contributed by atoms with van der Waals surface area (Å²) in [6, 6.07) is 13.8. The summed E-state index contributed by atoms with van der Waals surface area (Å²) in [5.41, 5.74) is 3.86. The lowest BCUT2D eigenvalue weighted by molar-refractivity contribution is -0.384. The van der Waals surface area contributed by atoms with Crippen molar-refractivity contribution < 1.29 is 14.1 Å². The Kier molecular flexibility index (Phi) is 6.16. The summed E-state index contributed by atoms with van der Waals surface area (Å²) >= 11 is 7.41. The molecular formula is C23H18ClN3O4S. The van der Waals surface area contributed by atoms with E-state index in [0.717, 1.165) is 5.56 Å². The molecule has 3 aromatic rings. The van der Waals surface area contributed by atoms with E-state index in [4.69, 9.17) is 16.0 Å². The third-order valence-electron chi connectivity index (χ3n) is 4.67. The highest BCUT2D eigenvalue weighted by Crippen LogP contribution is 2.34. The minimum atomic E-state index is -0.511. The minimum Gasteiger partial charge on any atom is -0.457 e. The van der Waals surface area contributed by atoms with E-state index in [9.17, 15) is 14.9 Å². The number of furan rings is 1. The lowest BCUT2D eigenvalue weighted by atomic mass is 10.1. The van der Waals surface area contributed by atoms with E-state index in [0.29, 0.717) is 33.7 Å². The first-order valence-electron chi connectivity index (χ1n) is 9.65. The van der Waals surface area contributed by atoms with Crippen molar-refractivity contribution in [2.24, 2.45) is 4.99 Å². The lowest BCUT2D eigenvalue weighted by Gasteiger charge is -2.02. The van der Waals surface area contributed by atoms with Gasteiger partial charge in [0.25, 0.3) is 11.6 Å². The second-order valence-electron chi connectivity index (χ2n) is 7.31. The van der Waals surface area contributed by atoms with Gasteiger partial charge in [-0.05, 0) is 49.4 Å². The van der Waals surface area contributed by atoms with Crippen LogP contribution >= 0.6 is 23.4 Å². The number of carbonyl (C=O) groups is 1. The number of amidine groups is 1. The topological polar surface area (TPSA) is 97.7 Å². The van der Waals surface area contributed by atoms with Crippen molar-refractivity contribution in [2.45, 2.75) is 20.4 Å². The highest BCUT2D eigenvalue weighted by atomic mass is 35.5. The molecule has 1 N–H and O–H groups in total. The summed E-state index contributed by atoms with van der Waals surface area (Å²) in [5.74, 6) is 0.659. The molecule has 0 saturated carbocycles. The maximum absolute atomic E-state index is 12.3. The first-order chi connectivity index (χ1) is 15.3. The molecule has 1 aliphatic rings. The molecule has 162 valence electrons. The van der Waals surface area contributed by atoms with Gasteiger partial charge in [0.05, 0.1) is 21.4 Å². The molecule has 7 nitrogen and oxygen atoms in total. The molecule has 0 bridgehead atoms. The van der Waals surface area contributed by atoms with Crippen LogP contribution in [0.4, 0.5) is 5.69 Å². The number of benzene rings is 2. The largest absolute Gasteiger partial charge is 0.457 e. The molecule has 0 aliphatic carbocycles. The van der Waals surface area contributed by atoms with Gasteiger partial charge in [-0.25, -0.2) is 0 Å². The van der Waals surface area contributed by atoms with Crippen LogP contribution in [0.25, 0.3) is 17.4 Å². The van der Waals surface area contributed by atoms with E-state index in [1.807, 2.05) is 13.8 Å². The normalized spacial score (nSPS) is 16.0. The molecule has 4 rings (SSSR count). The molecule has 32 heavy (non-hydrogen) atoms. The van der Waals surface area contributed by atoms with Crippen molar-refractivity contribution in [1.82, 2.24) is 5.32 Å². The van der Waals surface area contributed by atoms with Gasteiger partial charge < -0.3 is 9.73 Å². The van der Waals surface area contributed by atoms with Gasteiger partial charge in [-0.2, -0.15) is 0 Å². The molecule has 1 saturated heterocycles. The zero-order valence-corrected chi connectivity index (χ0v) is 18.8. The van der Waals surface area contributed by atoms with Gasteiger partial charge in [-0.3, -0.25) is 19.9 Å². The number of nitrogens with one attached hydrogen (secondary N) is 1. The first kappa shape index (κ1) is 21.9. The second kappa shape index (κ2) is 9.02. The Morgan fingerprint density at radius 3 is 2.59 bits per heavy atom. The maximum atomic E-state index is 12.3. The Morgan fingerprint density at radius 1 is 1.16 bits per heavy atom. The zero-order valence-electron chi connectivity index (χ0n) is 17.2. The number of non-ortho nitro benzene ring substituents is 1. The Bertz CT molecular complexity index is 1280. The van der Waals surface area contributed by atoms with E-state index >= 15 is 0 Å². The van der Waals surface area contributed by atoms with Crippen molar-refractivity contribution >= 4 is 46.2 Å². The molecule has 1 amide bonds. The third-order valence-corrected chi connectivity index (χ3v) is 5.93. The summed E-state index contributed by atoms with van der Waals surface area (Å²) in [6.07, 6.45) is 1.63. The van der Waals surface area contributed by atoms with Gasteiger partial charge in [-0.15, -0.1) is 0 Å². The van der Waals surface area contributed by atoms with Crippen LogP contribution in [0.1, 0.15) is 22.5 Å². The average Bonchev–Trinajstić information content (AvgIpc) is 3.32. The monoisotopic (exact) mass is 467 g/mol. The predicted octanol–water partition coefficient (Wildman–Crippen LogP) is 5.89. The zero-order chi connectivity index (χ0) is 22.8. The Labute approximate surface area is 193 Å². The molecule has 2 aromatic carbocycles. The predicted molar refractivity (Wildman–Crippen MR) is 127 cm³/mol. The van der Waals surface area contributed by atoms with E-state index in [2.05, 4.69) is 28.5 Å². The summed E-state index contributed by atoms with van der Waals surface area (Å²) in [7, 11) is 0. The van der Waals surface area contributed by atoms with Crippen molar-refractivity contribution in [1.29, 1.82) is 0 Å². The fraction of sp³-hybridized carbons (Fsp3) is 0.130. The highest BCUT2D eigenvalue weighted by Gasteiger charge is 2.24. The van der Waals surface area contributed by atoms with Crippen molar-refractivity contribution in [2.75, 3.05) is 0 Å². The standard InChI is InChI=1S/C23H18ClN3O4S/c1-13-7-14(2)9-15(8-13)12-25-23-26-22(28)21(32-23)11-17-4-6-20(31-17)18-5-3-16(27(29)30)10-19(18)24/h3-11H,12H2,1-2H3,(H,25,26,28)/b21-11-. The van der Waals surface area contributed by atoms with Gasteiger partial charge in [0.15, 0.2) is 5.17 Å². The Balaban J connectivity index is 1.49. The van der Waals surface area contributed by atoms with Gasteiger partial charge >= 0.3 is 0 Å². The fourth-order valence-electron chi connectivity index (χ4n) is 3.35. The number of thioether (sulfide) groups is 1. The van der Waals surface area contributed by atoms with Crippen molar-refractivity contribution in [3.8, 4) is 11.3 Å². The van der Waals surface area contributed by atoms with Crippen LogP contribution in [0, 0.1) is 24.0 Å². The SMILES string of the molecule is Cc1cc(C)cc(CN=C2NC(=O)/C(=C/c3ccc(-c4ccc([N+](=O)[O-])cc4Cl)o3)S2)c1. The number of carbonyl (C=O) groups excluding carboxylic acids is 1. The Morgan fingerprint density at radius 2 is 1.91 bits per heavy atom. The molecule has 0 radical (unpaired) electrons. The number of hydrogen-bond donors (Lipinski definition) is 1. The maximum Gasteiger partial charge on any atom is 0.270 e. The second-order valence-corrected chi connectivity index (χ2v) is 8.74. The van der Waals surface area contributed by atoms with E-state index in [-0.39, 0.29) is 16.6 Å². The molecule has 0 spiro atoms. The summed E-state index contributed by atoms with van der Waals surface area (Å²) in [6.45, 7) is 4.55. The van der Waals surface area contributed by atoms with Crippen LogP contribution in [0.3, 0.4) is 0 Å².